The molecule has 0 aromatic heterocycles. The normalized spacial score (nSPS) is 28.7. The standard InChI is InChI=1S/C23H29N3O5/c27-21-14-18(23(29)26(21)17-5-6-19-20(13-17)31-15-30-19)24-11-7-16(8-12-24)22(28)25-9-3-1-2-4-10-25/h5-6,13,16,18H,1-4,7-12,14-15H2/p+1/t18-/m1/s1. The number of nitrogens with zero attached hydrogens (tertiary/aromatic N) is 2. The first-order valence-electron chi connectivity index (χ1n) is 11.5. The van der Waals surface area contributed by atoms with Crippen molar-refractivity contribution in [3.05, 3.63) is 18.2 Å². The number of hydrogen-bond donors (Lipinski definition) is 1. The predicted molar refractivity (Wildman–Crippen MR) is 112 cm³/mol. The minimum absolute atomic E-state index is 0.0546. The number of benzene rings is 1. The molecule has 31 heavy (non-hydrogen) atoms. The van der Waals surface area contributed by atoms with Crippen LogP contribution in [0.1, 0.15) is 44.9 Å². The van der Waals surface area contributed by atoms with Crippen molar-refractivity contribution in [1.29, 1.82) is 0 Å². The van der Waals surface area contributed by atoms with Crippen LogP contribution in [-0.2, 0) is 14.4 Å². The molecule has 4 aliphatic heterocycles. The van der Waals surface area contributed by atoms with E-state index in [1.165, 1.54) is 17.7 Å². The zero-order valence-electron chi connectivity index (χ0n) is 17.8. The Hall–Kier alpha value is -2.61. The first kappa shape index (κ1) is 20.3. The Morgan fingerprint density at radius 3 is 2.42 bits per heavy atom. The van der Waals surface area contributed by atoms with Crippen LogP contribution in [0.4, 0.5) is 5.69 Å². The second kappa shape index (κ2) is 8.49. The molecule has 0 aliphatic carbocycles. The van der Waals surface area contributed by atoms with Crippen LogP contribution in [-0.4, -0.2) is 61.6 Å². The molecular formula is C23H30N3O5+. The lowest BCUT2D eigenvalue weighted by Crippen LogP contribution is -3.17. The van der Waals surface area contributed by atoms with Crippen LogP contribution in [0.25, 0.3) is 0 Å². The zero-order chi connectivity index (χ0) is 21.4. The molecule has 0 bridgehead atoms. The fourth-order valence-electron chi connectivity index (χ4n) is 5.38. The van der Waals surface area contributed by atoms with Crippen molar-refractivity contribution in [2.75, 3.05) is 37.9 Å². The molecule has 5 rings (SSSR count). The van der Waals surface area contributed by atoms with Crippen LogP contribution in [0.15, 0.2) is 18.2 Å². The molecule has 1 aromatic carbocycles. The van der Waals surface area contributed by atoms with Crippen molar-refractivity contribution in [3.8, 4) is 11.5 Å². The van der Waals surface area contributed by atoms with Crippen molar-refractivity contribution in [1.82, 2.24) is 4.90 Å². The van der Waals surface area contributed by atoms with Crippen LogP contribution in [0, 0.1) is 5.92 Å². The summed E-state index contributed by atoms with van der Waals surface area (Å²) < 4.78 is 10.7. The summed E-state index contributed by atoms with van der Waals surface area (Å²) in [6.45, 7) is 3.42. The van der Waals surface area contributed by atoms with Gasteiger partial charge in [0.25, 0.3) is 5.91 Å². The number of amides is 3. The Kier molecular flexibility index (Phi) is 5.56. The van der Waals surface area contributed by atoms with Gasteiger partial charge in [-0.25, -0.2) is 4.90 Å². The van der Waals surface area contributed by atoms with E-state index < -0.39 is 0 Å². The number of likely N-dealkylation sites (tertiary alicyclic amines) is 2. The molecule has 0 unspecified atom stereocenters. The minimum atomic E-state index is -0.368. The fourth-order valence-corrected chi connectivity index (χ4v) is 5.38. The summed E-state index contributed by atoms with van der Waals surface area (Å²) in [7, 11) is 0. The smallest absolute Gasteiger partial charge is 0.292 e. The minimum Gasteiger partial charge on any atom is -0.454 e. The molecule has 3 saturated heterocycles. The number of fused-ring (bicyclic) bond motifs is 1. The van der Waals surface area contributed by atoms with Gasteiger partial charge in [-0.05, 0) is 25.0 Å². The summed E-state index contributed by atoms with van der Waals surface area (Å²) in [6.07, 6.45) is 6.41. The van der Waals surface area contributed by atoms with Gasteiger partial charge in [0.15, 0.2) is 17.5 Å². The number of hydrogen-bond acceptors (Lipinski definition) is 5. The lowest BCUT2D eigenvalue weighted by atomic mass is 9.94. The van der Waals surface area contributed by atoms with Gasteiger partial charge in [0.05, 0.1) is 25.2 Å². The van der Waals surface area contributed by atoms with E-state index >= 15 is 0 Å². The van der Waals surface area contributed by atoms with E-state index in [2.05, 4.69) is 0 Å². The van der Waals surface area contributed by atoms with Crippen LogP contribution in [0.3, 0.4) is 0 Å². The molecule has 1 atom stereocenters. The third-order valence-corrected chi connectivity index (χ3v) is 7.15. The fraction of sp³-hybridized carbons (Fsp3) is 0.609. The number of carbonyl (C=O) groups is 3. The summed E-state index contributed by atoms with van der Waals surface area (Å²) >= 11 is 0. The number of nitrogens with one attached hydrogen (secondary N) is 1. The molecule has 0 radical (unpaired) electrons. The van der Waals surface area contributed by atoms with Crippen molar-refractivity contribution in [3.63, 3.8) is 0 Å². The third kappa shape index (κ3) is 3.89. The van der Waals surface area contributed by atoms with E-state index in [1.54, 1.807) is 18.2 Å². The quantitative estimate of drug-likeness (QED) is 0.719. The SMILES string of the molecule is O=C(C1CC[NH+]([C@@H]2CC(=O)N(c3ccc4c(c3)OCO4)C2=O)CC1)N1CCCCCC1. The highest BCUT2D eigenvalue weighted by atomic mass is 16.7. The van der Waals surface area contributed by atoms with Gasteiger partial charge in [-0.3, -0.25) is 14.4 Å². The summed E-state index contributed by atoms with van der Waals surface area (Å²) in [5.41, 5.74) is 0.535. The van der Waals surface area contributed by atoms with E-state index in [9.17, 15) is 14.4 Å². The van der Waals surface area contributed by atoms with Crippen molar-refractivity contribution < 1.29 is 28.8 Å². The van der Waals surface area contributed by atoms with E-state index in [1.807, 2.05) is 4.90 Å². The maximum atomic E-state index is 13.2. The average molecular weight is 429 g/mol. The summed E-state index contributed by atoms with van der Waals surface area (Å²) in [5, 5.41) is 0. The van der Waals surface area contributed by atoms with E-state index in [0.29, 0.717) is 17.2 Å². The Balaban J connectivity index is 1.21. The Morgan fingerprint density at radius 2 is 1.68 bits per heavy atom. The molecule has 0 spiro atoms. The van der Waals surface area contributed by atoms with Gasteiger partial charge in [-0.15, -0.1) is 0 Å². The Labute approximate surface area is 182 Å². The van der Waals surface area contributed by atoms with Gasteiger partial charge in [0, 0.05) is 37.9 Å². The maximum Gasteiger partial charge on any atom is 0.292 e. The summed E-state index contributed by atoms with van der Waals surface area (Å²) in [6, 6.07) is 4.79. The number of piperidine rings is 1. The number of rotatable bonds is 3. The summed E-state index contributed by atoms with van der Waals surface area (Å²) in [5.74, 6) is 1.19. The van der Waals surface area contributed by atoms with Crippen molar-refractivity contribution in [2.45, 2.75) is 51.0 Å². The Bertz CT molecular complexity index is 872. The van der Waals surface area contributed by atoms with Crippen LogP contribution < -0.4 is 19.3 Å². The van der Waals surface area contributed by atoms with E-state index in [-0.39, 0.29) is 42.9 Å². The highest BCUT2D eigenvalue weighted by Crippen LogP contribution is 2.36. The number of carbonyl (C=O) groups excluding carboxylic acids is 3. The second-order valence-electron chi connectivity index (χ2n) is 9.03. The van der Waals surface area contributed by atoms with Gasteiger partial charge >= 0.3 is 0 Å². The molecule has 166 valence electrons. The zero-order valence-corrected chi connectivity index (χ0v) is 17.8. The highest BCUT2D eigenvalue weighted by Gasteiger charge is 2.47. The molecule has 8 nitrogen and oxygen atoms in total. The molecule has 3 fully saturated rings. The first-order valence-corrected chi connectivity index (χ1v) is 11.5. The molecule has 4 aliphatic rings. The van der Waals surface area contributed by atoms with Crippen LogP contribution in [0.5, 0.6) is 11.5 Å². The lowest BCUT2D eigenvalue weighted by Gasteiger charge is -2.33. The lowest BCUT2D eigenvalue weighted by molar-refractivity contribution is -0.920. The van der Waals surface area contributed by atoms with Crippen molar-refractivity contribution in [2.24, 2.45) is 5.92 Å². The largest absolute Gasteiger partial charge is 0.454 e. The van der Waals surface area contributed by atoms with Gasteiger partial charge in [0.2, 0.25) is 18.6 Å². The van der Waals surface area contributed by atoms with Gasteiger partial charge in [0.1, 0.15) is 0 Å². The van der Waals surface area contributed by atoms with Gasteiger partial charge in [-0.1, -0.05) is 12.8 Å². The molecule has 1 N–H and O–H groups in total. The Morgan fingerprint density at radius 1 is 0.968 bits per heavy atom. The van der Waals surface area contributed by atoms with Gasteiger partial charge < -0.3 is 19.3 Å². The van der Waals surface area contributed by atoms with Crippen LogP contribution in [0.2, 0.25) is 0 Å². The molecule has 1 aromatic rings. The summed E-state index contributed by atoms with van der Waals surface area (Å²) in [4.78, 5) is 43.3. The monoisotopic (exact) mass is 428 g/mol. The number of anilines is 1. The highest BCUT2D eigenvalue weighted by molar-refractivity contribution is 6.22. The predicted octanol–water partition coefficient (Wildman–Crippen LogP) is 0.745. The number of ether oxygens (including phenoxy) is 2. The molecule has 8 heteroatoms. The second-order valence-corrected chi connectivity index (χ2v) is 9.03. The number of imide groups is 1. The third-order valence-electron chi connectivity index (χ3n) is 7.15. The number of quaternary nitrogens is 1. The van der Waals surface area contributed by atoms with E-state index in [0.717, 1.165) is 56.8 Å². The first-order chi connectivity index (χ1) is 15.1. The van der Waals surface area contributed by atoms with Crippen molar-refractivity contribution >= 4 is 23.4 Å². The maximum absolute atomic E-state index is 13.2. The molecular weight excluding hydrogens is 398 g/mol. The van der Waals surface area contributed by atoms with Crippen LogP contribution >= 0.6 is 0 Å². The molecule has 0 saturated carbocycles. The molecule has 3 amide bonds. The topological polar surface area (TPSA) is 80.6 Å². The van der Waals surface area contributed by atoms with Gasteiger partial charge in [-0.2, -0.15) is 0 Å². The van der Waals surface area contributed by atoms with E-state index in [4.69, 9.17) is 9.47 Å². The average Bonchev–Trinajstić information content (AvgIpc) is 3.25. The molecule has 4 heterocycles.